The van der Waals surface area contributed by atoms with Gasteiger partial charge >= 0.3 is 0 Å². The minimum absolute atomic E-state index is 0.131. The maximum Gasteiger partial charge on any atom is 0.255 e. The molecule has 1 amide bonds. The SMILES string of the molecule is CS(=O)(=O)N(Cc1ccc(C(=O)Nc2ccc3ccccc3c2)cc1)c1cccc(Cl)c1. The van der Waals surface area contributed by atoms with Crippen LogP contribution in [0.4, 0.5) is 11.4 Å². The van der Waals surface area contributed by atoms with Crippen LogP contribution in [0.1, 0.15) is 15.9 Å². The average molecular weight is 465 g/mol. The van der Waals surface area contributed by atoms with E-state index in [0.717, 1.165) is 22.6 Å². The number of nitrogens with zero attached hydrogens (tertiary/aromatic N) is 1. The normalized spacial score (nSPS) is 11.3. The Hall–Kier alpha value is -3.35. The third-order valence-corrected chi connectivity index (χ3v) is 6.42. The average Bonchev–Trinajstić information content (AvgIpc) is 2.77. The van der Waals surface area contributed by atoms with Crippen molar-refractivity contribution in [2.45, 2.75) is 6.54 Å². The zero-order valence-corrected chi connectivity index (χ0v) is 18.9. The van der Waals surface area contributed by atoms with E-state index in [2.05, 4.69) is 5.32 Å². The number of halogens is 1. The van der Waals surface area contributed by atoms with E-state index in [1.165, 1.54) is 4.31 Å². The van der Waals surface area contributed by atoms with Crippen LogP contribution in [0.2, 0.25) is 5.02 Å². The Labute approximate surface area is 192 Å². The topological polar surface area (TPSA) is 66.5 Å². The molecule has 0 bridgehead atoms. The molecule has 0 aliphatic heterocycles. The highest BCUT2D eigenvalue weighted by Gasteiger charge is 2.18. The van der Waals surface area contributed by atoms with Gasteiger partial charge in [-0.15, -0.1) is 0 Å². The van der Waals surface area contributed by atoms with E-state index >= 15 is 0 Å². The summed E-state index contributed by atoms with van der Waals surface area (Å²) in [6.07, 6.45) is 1.15. The number of anilines is 2. The van der Waals surface area contributed by atoms with Crippen molar-refractivity contribution in [2.24, 2.45) is 0 Å². The summed E-state index contributed by atoms with van der Waals surface area (Å²) in [4.78, 5) is 12.7. The lowest BCUT2D eigenvalue weighted by molar-refractivity contribution is 0.102. The van der Waals surface area contributed by atoms with E-state index in [9.17, 15) is 13.2 Å². The minimum atomic E-state index is -3.52. The lowest BCUT2D eigenvalue weighted by Crippen LogP contribution is -2.29. The largest absolute Gasteiger partial charge is 0.322 e. The van der Waals surface area contributed by atoms with Crippen LogP contribution in [0.3, 0.4) is 0 Å². The van der Waals surface area contributed by atoms with Gasteiger partial charge < -0.3 is 5.32 Å². The Kier molecular flexibility index (Phi) is 6.17. The second-order valence-corrected chi connectivity index (χ2v) is 9.81. The number of sulfonamides is 1. The van der Waals surface area contributed by atoms with E-state index in [-0.39, 0.29) is 12.5 Å². The molecule has 0 saturated carbocycles. The fourth-order valence-electron chi connectivity index (χ4n) is 3.43. The van der Waals surface area contributed by atoms with Crippen LogP contribution in [-0.4, -0.2) is 20.6 Å². The standard InChI is InChI=1S/C25H21ClN2O3S/c1-32(30,31)28(24-8-4-7-22(26)16-24)17-18-9-11-20(12-10-18)25(29)27-23-14-13-19-5-2-3-6-21(19)15-23/h2-16H,17H2,1H3,(H,27,29). The zero-order valence-electron chi connectivity index (χ0n) is 17.3. The molecule has 4 rings (SSSR count). The Morgan fingerprint density at radius 3 is 2.28 bits per heavy atom. The first-order valence-corrected chi connectivity index (χ1v) is 12.1. The van der Waals surface area contributed by atoms with E-state index in [1.807, 2.05) is 42.5 Å². The van der Waals surface area contributed by atoms with Crippen molar-refractivity contribution in [3.63, 3.8) is 0 Å². The zero-order chi connectivity index (χ0) is 22.7. The number of benzene rings is 4. The summed E-state index contributed by atoms with van der Waals surface area (Å²) in [5.74, 6) is -0.235. The van der Waals surface area contributed by atoms with Crippen molar-refractivity contribution >= 4 is 49.7 Å². The van der Waals surface area contributed by atoms with Crippen molar-refractivity contribution in [1.82, 2.24) is 0 Å². The maximum atomic E-state index is 12.7. The Morgan fingerprint density at radius 2 is 1.59 bits per heavy atom. The molecule has 0 unspecified atom stereocenters. The van der Waals surface area contributed by atoms with Gasteiger partial charge in [0, 0.05) is 16.3 Å². The first-order chi connectivity index (χ1) is 15.3. The quantitative estimate of drug-likeness (QED) is 0.397. The van der Waals surface area contributed by atoms with Crippen LogP contribution in [-0.2, 0) is 16.6 Å². The van der Waals surface area contributed by atoms with Gasteiger partial charge in [-0.05, 0) is 58.8 Å². The molecule has 0 aliphatic rings. The van der Waals surface area contributed by atoms with Crippen molar-refractivity contribution in [3.05, 3.63) is 107 Å². The molecule has 4 aromatic carbocycles. The van der Waals surface area contributed by atoms with Crippen molar-refractivity contribution < 1.29 is 13.2 Å². The maximum absolute atomic E-state index is 12.7. The summed E-state index contributed by atoms with van der Waals surface area (Å²) in [5.41, 5.74) is 2.42. The molecule has 0 heterocycles. The number of carbonyl (C=O) groups is 1. The summed E-state index contributed by atoms with van der Waals surface area (Å²) >= 11 is 6.03. The third-order valence-electron chi connectivity index (χ3n) is 5.05. The predicted molar refractivity (Wildman–Crippen MR) is 131 cm³/mol. The summed E-state index contributed by atoms with van der Waals surface area (Å²) < 4.78 is 26.0. The van der Waals surface area contributed by atoms with Crippen molar-refractivity contribution in [3.8, 4) is 0 Å². The monoisotopic (exact) mass is 464 g/mol. The molecule has 5 nitrogen and oxygen atoms in total. The summed E-state index contributed by atoms with van der Waals surface area (Å²) in [7, 11) is -3.52. The Morgan fingerprint density at radius 1 is 0.875 bits per heavy atom. The fourth-order valence-corrected chi connectivity index (χ4v) is 4.49. The van der Waals surface area contributed by atoms with Crippen LogP contribution in [0.25, 0.3) is 10.8 Å². The molecule has 0 saturated heterocycles. The summed E-state index contributed by atoms with van der Waals surface area (Å²) in [6, 6.07) is 27.2. The molecule has 0 spiro atoms. The van der Waals surface area contributed by atoms with Gasteiger partial charge in [-0.3, -0.25) is 9.10 Å². The van der Waals surface area contributed by atoms with Gasteiger partial charge in [-0.25, -0.2) is 8.42 Å². The Bertz CT molecular complexity index is 1390. The highest BCUT2D eigenvalue weighted by atomic mass is 35.5. The molecule has 0 fully saturated rings. The molecule has 4 aromatic rings. The molecule has 0 aliphatic carbocycles. The molecule has 0 aromatic heterocycles. The van der Waals surface area contributed by atoms with E-state index in [0.29, 0.717) is 22.0 Å². The molecular formula is C25H21ClN2O3S. The van der Waals surface area contributed by atoms with Gasteiger partial charge in [-0.1, -0.05) is 60.1 Å². The van der Waals surface area contributed by atoms with Gasteiger partial charge in [0.2, 0.25) is 10.0 Å². The first-order valence-electron chi connectivity index (χ1n) is 9.92. The van der Waals surface area contributed by atoms with Crippen molar-refractivity contribution in [2.75, 3.05) is 15.9 Å². The molecule has 7 heteroatoms. The van der Waals surface area contributed by atoms with Gasteiger partial charge in [-0.2, -0.15) is 0 Å². The number of fused-ring (bicyclic) bond motifs is 1. The molecular weight excluding hydrogens is 444 g/mol. The van der Waals surface area contributed by atoms with E-state index < -0.39 is 10.0 Å². The lowest BCUT2D eigenvalue weighted by Gasteiger charge is -2.22. The van der Waals surface area contributed by atoms with E-state index in [1.54, 1.807) is 48.5 Å². The highest BCUT2D eigenvalue weighted by Crippen LogP contribution is 2.24. The number of hydrogen-bond acceptors (Lipinski definition) is 3. The summed E-state index contributed by atoms with van der Waals surface area (Å²) in [5, 5.41) is 5.51. The minimum Gasteiger partial charge on any atom is -0.322 e. The number of amides is 1. The predicted octanol–water partition coefficient (Wildman–Crippen LogP) is 5.71. The summed E-state index contributed by atoms with van der Waals surface area (Å²) in [6.45, 7) is 0.131. The van der Waals surface area contributed by atoms with Crippen LogP contribution in [0, 0.1) is 0 Å². The van der Waals surface area contributed by atoms with Crippen LogP contribution in [0.5, 0.6) is 0 Å². The smallest absolute Gasteiger partial charge is 0.255 e. The van der Waals surface area contributed by atoms with E-state index in [4.69, 9.17) is 11.6 Å². The third kappa shape index (κ3) is 5.10. The molecule has 1 N–H and O–H groups in total. The first kappa shape index (κ1) is 21.9. The number of rotatable bonds is 6. The van der Waals surface area contributed by atoms with Crippen LogP contribution in [0.15, 0.2) is 91.0 Å². The van der Waals surface area contributed by atoms with Gasteiger partial charge in [0.1, 0.15) is 0 Å². The van der Waals surface area contributed by atoms with Crippen molar-refractivity contribution in [1.29, 1.82) is 0 Å². The lowest BCUT2D eigenvalue weighted by atomic mass is 10.1. The van der Waals surface area contributed by atoms with Gasteiger partial charge in [0.05, 0.1) is 18.5 Å². The molecule has 162 valence electrons. The number of nitrogens with one attached hydrogen (secondary N) is 1. The number of hydrogen-bond donors (Lipinski definition) is 1. The fraction of sp³-hybridized carbons (Fsp3) is 0.0800. The molecule has 0 atom stereocenters. The number of carbonyl (C=O) groups excluding carboxylic acids is 1. The van der Waals surface area contributed by atoms with Crippen LogP contribution < -0.4 is 9.62 Å². The Balaban J connectivity index is 1.50. The van der Waals surface area contributed by atoms with Gasteiger partial charge in [0.25, 0.3) is 5.91 Å². The van der Waals surface area contributed by atoms with Gasteiger partial charge in [0.15, 0.2) is 0 Å². The molecule has 32 heavy (non-hydrogen) atoms. The van der Waals surface area contributed by atoms with Crippen LogP contribution >= 0.6 is 11.6 Å². The second-order valence-electron chi connectivity index (χ2n) is 7.46. The molecule has 0 radical (unpaired) electrons. The second kappa shape index (κ2) is 9.02. The highest BCUT2D eigenvalue weighted by molar-refractivity contribution is 7.92.